The maximum absolute atomic E-state index is 2.58. The van der Waals surface area contributed by atoms with Crippen LogP contribution < -0.4 is 0 Å². The molecule has 2 aliphatic carbocycles. The van der Waals surface area contributed by atoms with E-state index in [9.17, 15) is 0 Å². The average Bonchev–Trinajstić information content (AvgIpc) is 3.04. The smallest absolute Gasteiger partial charge is 0.0323 e. The van der Waals surface area contributed by atoms with E-state index < -0.39 is 0 Å². The summed E-state index contributed by atoms with van der Waals surface area (Å²) in [6, 6.07) is 9.17. The van der Waals surface area contributed by atoms with Crippen molar-refractivity contribution < 1.29 is 0 Å². The third-order valence-corrected chi connectivity index (χ3v) is 10.3. The van der Waals surface area contributed by atoms with Gasteiger partial charge in [0.2, 0.25) is 0 Å². The lowest BCUT2D eigenvalue weighted by atomic mass is 9.73. The Morgan fingerprint density at radius 3 is 1.96 bits per heavy atom. The molecule has 3 rings (SSSR count). The second-order valence-corrected chi connectivity index (χ2v) is 12.6. The van der Waals surface area contributed by atoms with Crippen LogP contribution in [0.1, 0.15) is 79.4 Å². The van der Waals surface area contributed by atoms with Gasteiger partial charge in [-0.15, -0.1) is 0 Å². The first-order valence-corrected chi connectivity index (χ1v) is 12.7. The summed E-state index contributed by atoms with van der Waals surface area (Å²) in [7, 11) is -0.123. The lowest BCUT2D eigenvalue weighted by molar-refractivity contribution is 0.520. The number of fused-ring (bicyclic) bond motifs is 1. The number of hydrogen-bond donors (Lipinski definition) is 0. The van der Waals surface area contributed by atoms with E-state index in [1.165, 1.54) is 23.5 Å². The topological polar surface area (TPSA) is 0 Å². The molecule has 2 aliphatic rings. The molecule has 0 bridgehead atoms. The van der Waals surface area contributed by atoms with Crippen molar-refractivity contribution in [2.75, 3.05) is 12.3 Å². The van der Waals surface area contributed by atoms with Gasteiger partial charge in [0.15, 0.2) is 0 Å². The summed E-state index contributed by atoms with van der Waals surface area (Å²) in [6.07, 6.45) is 5.28. The Kier molecular flexibility index (Phi) is 6.12. The van der Waals surface area contributed by atoms with Crippen LogP contribution in [-0.4, -0.2) is 12.3 Å². The highest BCUT2D eigenvalue weighted by atomic mass is 31.1. The largest absolute Gasteiger partial charge is 0.0782 e. The van der Waals surface area contributed by atoms with Crippen LogP contribution in [0.3, 0.4) is 0 Å². The number of rotatable bonds is 6. The molecule has 0 fully saturated rings. The summed E-state index contributed by atoms with van der Waals surface area (Å²) in [5, 5.41) is 1.74. The zero-order valence-corrected chi connectivity index (χ0v) is 20.4. The molecule has 152 valence electrons. The molecule has 1 aromatic carbocycles. The third kappa shape index (κ3) is 3.70. The minimum atomic E-state index is -0.123. The van der Waals surface area contributed by atoms with Gasteiger partial charge in [0.25, 0.3) is 0 Å². The Morgan fingerprint density at radius 2 is 1.46 bits per heavy atom. The molecular weight excluding hydrogens is 355 g/mol. The molecule has 28 heavy (non-hydrogen) atoms. The van der Waals surface area contributed by atoms with Crippen LogP contribution in [0.15, 0.2) is 51.9 Å². The first-order chi connectivity index (χ1) is 13.1. The highest BCUT2D eigenvalue weighted by Gasteiger charge is 2.43. The van der Waals surface area contributed by atoms with E-state index in [2.05, 4.69) is 92.7 Å². The van der Waals surface area contributed by atoms with Crippen LogP contribution in [0.2, 0.25) is 0 Å². The van der Waals surface area contributed by atoms with Crippen molar-refractivity contribution in [1.29, 1.82) is 0 Å². The second-order valence-electron chi connectivity index (χ2n) is 10.2. The molecule has 0 radical (unpaired) electrons. The van der Waals surface area contributed by atoms with Crippen molar-refractivity contribution >= 4 is 14.0 Å². The molecular formula is C27H39P. The van der Waals surface area contributed by atoms with Crippen molar-refractivity contribution in [2.24, 2.45) is 17.3 Å². The Morgan fingerprint density at radius 1 is 0.893 bits per heavy atom. The summed E-state index contributed by atoms with van der Waals surface area (Å²) in [5.74, 6) is 1.98. The molecule has 0 saturated heterocycles. The zero-order valence-electron chi connectivity index (χ0n) is 19.5. The minimum Gasteiger partial charge on any atom is -0.0782 e. The van der Waals surface area contributed by atoms with Gasteiger partial charge < -0.3 is 0 Å². The van der Waals surface area contributed by atoms with E-state index in [1.54, 1.807) is 27.6 Å². The number of hydrogen-bond acceptors (Lipinski definition) is 0. The summed E-state index contributed by atoms with van der Waals surface area (Å²) < 4.78 is 0. The quantitative estimate of drug-likeness (QED) is 0.424. The molecule has 0 nitrogen and oxygen atoms in total. The van der Waals surface area contributed by atoms with Gasteiger partial charge in [-0.2, -0.15) is 0 Å². The number of allylic oxidation sites excluding steroid dienone is 5. The summed E-state index contributed by atoms with van der Waals surface area (Å²) >= 11 is 0. The van der Waals surface area contributed by atoms with Crippen LogP contribution in [0.5, 0.6) is 0 Å². The Hall–Kier alpha value is -1.13. The van der Waals surface area contributed by atoms with Crippen molar-refractivity contribution in [3.63, 3.8) is 0 Å². The fourth-order valence-corrected chi connectivity index (χ4v) is 8.54. The molecule has 1 heteroatoms. The van der Waals surface area contributed by atoms with E-state index in [4.69, 9.17) is 0 Å². The third-order valence-electron chi connectivity index (χ3n) is 6.87. The lowest BCUT2D eigenvalue weighted by Crippen LogP contribution is -2.20. The first kappa shape index (κ1) is 21.6. The molecule has 1 unspecified atom stereocenters. The van der Waals surface area contributed by atoms with Crippen molar-refractivity contribution in [2.45, 2.75) is 68.2 Å². The molecule has 1 atom stereocenters. The number of benzene rings is 1. The summed E-state index contributed by atoms with van der Waals surface area (Å²) in [4.78, 5) is 0. The minimum absolute atomic E-state index is 0.123. The zero-order chi connectivity index (χ0) is 20.8. The van der Waals surface area contributed by atoms with Crippen LogP contribution in [0.25, 0.3) is 6.08 Å². The fourth-order valence-electron chi connectivity index (χ4n) is 5.25. The normalized spacial score (nSPS) is 21.4. The van der Waals surface area contributed by atoms with Gasteiger partial charge in [0, 0.05) is 11.3 Å². The summed E-state index contributed by atoms with van der Waals surface area (Å²) in [6.45, 7) is 21.5. The van der Waals surface area contributed by atoms with Crippen molar-refractivity contribution in [1.82, 2.24) is 0 Å². The lowest BCUT2D eigenvalue weighted by Gasteiger charge is -2.35. The first-order valence-electron chi connectivity index (χ1n) is 11.0. The average molecular weight is 395 g/mol. The SMILES string of the molecule is CC1=C(C)C(C)(C)C(C2C(P(CC(C)C)CC(C)C)=Cc3ccccc32)=C1C. The van der Waals surface area contributed by atoms with Crippen LogP contribution in [0, 0.1) is 17.3 Å². The van der Waals surface area contributed by atoms with E-state index in [-0.39, 0.29) is 13.3 Å². The molecule has 0 aliphatic heterocycles. The van der Waals surface area contributed by atoms with Crippen molar-refractivity contribution in [3.05, 3.63) is 63.0 Å². The van der Waals surface area contributed by atoms with E-state index in [0.29, 0.717) is 5.92 Å². The Bertz CT molecular complexity index is 835. The summed E-state index contributed by atoms with van der Waals surface area (Å²) in [5.41, 5.74) is 9.43. The standard InChI is InChI=1S/C27H39P/c1-17(2)15-28(16-18(3)4)24-14-22-12-10-11-13-23(22)25(24)26-20(6)19(5)21(7)27(26,8)9/h10-14,17-18,25H,15-16H2,1-9H3. The Balaban J connectivity index is 2.15. The van der Waals surface area contributed by atoms with Crippen molar-refractivity contribution in [3.8, 4) is 0 Å². The molecule has 1 aromatic rings. The van der Waals surface area contributed by atoms with Crippen LogP contribution >= 0.6 is 7.92 Å². The van der Waals surface area contributed by atoms with Gasteiger partial charge >= 0.3 is 0 Å². The molecule has 0 aromatic heterocycles. The maximum Gasteiger partial charge on any atom is 0.0323 e. The Labute approximate surface area is 175 Å². The highest BCUT2D eigenvalue weighted by Crippen LogP contribution is 2.64. The van der Waals surface area contributed by atoms with E-state index in [1.807, 2.05) is 0 Å². The van der Waals surface area contributed by atoms with Gasteiger partial charge in [0.05, 0.1) is 0 Å². The highest BCUT2D eigenvalue weighted by molar-refractivity contribution is 7.62. The van der Waals surface area contributed by atoms with E-state index >= 15 is 0 Å². The van der Waals surface area contributed by atoms with Crippen LogP contribution in [0.4, 0.5) is 0 Å². The second kappa shape index (κ2) is 7.95. The monoisotopic (exact) mass is 394 g/mol. The van der Waals surface area contributed by atoms with Crippen LogP contribution in [-0.2, 0) is 0 Å². The van der Waals surface area contributed by atoms with Gasteiger partial charge in [-0.3, -0.25) is 0 Å². The molecule has 0 amide bonds. The maximum atomic E-state index is 2.58. The predicted molar refractivity (Wildman–Crippen MR) is 128 cm³/mol. The van der Waals surface area contributed by atoms with E-state index in [0.717, 1.165) is 11.8 Å². The van der Waals surface area contributed by atoms with Gasteiger partial charge in [-0.25, -0.2) is 0 Å². The molecule has 0 saturated carbocycles. The molecule has 0 spiro atoms. The van der Waals surface area contributed by atoms with Gasteiger partial charge in [0.1, 0.15) is 0 Å². The fraction of sp³-hybridized carbons (Fsp3) is 0.556. The van der Waals surface area contributed by atoms with Gasteiger partial charge in [-0.1, -0.05) is 85.4 Å². The molecule has 0 N–H and O–H groups in total. The van der Waals surface area contributed by atoms with Gasteiger partial charge in [-0.05, 0) is 78.1 Å². The predicted octanol–water partition coefficient (Wildman–Crippen LogP) is 8.61. The molecule has 0 heterocycles.